The highest BCUT2D eigenvalue weighted by Crippen LogP contribution is 2.07. The summed E-state index contributed by atoms with van der Waals surface area (Å²) in [6, 6.07) is 8.04. The standard InChI is InChI=1S/C13H17NO5/c1-2-19-13(18)14-10(11(15)12(16)17)8-9-6-4-3-5-7-9/h3-7,10-11,15H,2,8H2,1H3,(H,14,18)(H,16,17). The molecule has 0 aliphatic carbocycles. The molecule has 0 aliphatic heterocycles. The highest BCUT2D eigenvalue weighted by molar-refractivity contribution is 5.75. The fourth-order valence-electron chi connectivity index (χ4n) is 1.61. The van der Waals surface area contributed by atoms with E-state index < -0.39 is 24.2 Å². The summed E-state index contributed by atoms with van der Waals surface area (Å²) in [7, 11) is 0. The Kier molecular flexibility index (Phi) is 5.81. The number of rotatable bonds is 6. The topological polar surface area (TPSA) is 95.9 Å². The summed E-state index contributed by atoms with van der Waals surface area (Å²) >= 11 is 0. The van der Waals surface area contributed by atoms with Crippen molar-refractivity contribution in [2.45, 2.75) is 25.5 Å². The molecule has 2 unspecified atom stereocenters. The zero-order valence-corrected chi connectivity index (χ0v) is 10.6. The van der Waals surface area contributed by atoms with Crippen molar-refractivity contribution in [2.24, 2.45) is 0 Å². The van der Waals surface area contributed by atoms with E-state index in [1.54, 1.807) is 31.2 Å². The van der Waals surface area contributed by atoms with Crippen LogP contribution in [0.15, 0.2) is 30.3 Å². The SMILES string of the molecule is CCOC(=O)NC(Cc1ccccc1)C(O)C(=O)O. The van der Waals surface area contributed by atoms with E-state index in [0.717, 1.165) is 5.56 Å². The van der Waals surface area contributed by atoms with Gasteiger partial charge >= 0.3 is 12.1 Å². The van der Waals surface area contributed by atoms with Crippen molar-refractivity contribution in [3.8, 4) is 0 Å². The van der Waals surface area contributed by atoms with Crippen molar-refractivity contribution in [1.82, 2.24) is 5.32 Å². The number of hydrogen-bond donors (Lipinski definition) is 3. The number of alkyl carbamates (subject to hydrolysis) is 1. The number of aliphatic hydroxyl groups excluding tert-OH is 1. The number of benzene rings is 1. The predicted octanol–water partition coefficient (Wildman–Crippen LogP) is 0.789. The lowest BCUT2D eigenvalue weighted by Crippen LogP contribution is -2.48. The van der Waals surface area contributed by atoms with E-state index in [9.17, 15) is 14.7 Å². The molecule has 0 spiro atoms. The van der Waals surface area contributed by atoms with Gasteiger partial charge in [0.15, 0.2) is 6.10 Å². The summed E-state index contributed by atoms with van der Waals surface area (Å²) in [6.45, 7) is 1.81. The van der Waals surface area contributed by atoms with Crippen molar-refractivity contribution < 1.29 is 24.5 Å². The molecule has 0 fully saturated rings. The van der Waals surface area contributed by atoms with E-state index in [0.29, 0.717) is 0 Å². The smallest absolute Gasteiger partial charge is 0.407 e. The van der Waals surface area contributed by atoms with Gasteiger partial charge in [0.25, 0.3) is 0 Å². The van der Waals surface area contributed by atoms with Gasteiger partial charge in [0.1, 0.15) is 0 Å². The van der Waals surface area contributed by atoms with Crippen LogP contribution in [0, 0.1) is 0 Å². The number of nitrogens with one attached hydrogen (secondary N) is 1. The van der Waals surface area contributed by atoms with Gasteiger partial charge in [0.2, 0.25) is 0 Å². The number of hydrogen-bond acceptors (Lipinski definition) is 4. The molecule has 1 aromatic carbocycles. The Morgan fingerprint density at radius 2 is 1.95 bits per heavy atom. The lowest BCUT2D eigenvalue weighted by atomic mass is 10.0. The average molecular weight is 267 g/mol. The third-order valence-electron chi connectivity index (χ3n) is 2.51. The van der Waals surface area contributed by atoms with Crippen molar-refractivity contribution in [2.75, 3.05) is 6.61 Å². The fourth-order valence-corrected chi connectivity index (χ4v) is 1.61. The molecule has 6 nitrogen and oxygen atoms in total. The maximum Gasteiger partial charge on any atom is 0.407 e. The van der Waals surface area contributed by atoms with Gasteiger partial charge in [-0.25, -0.2) is 9.59 Å². The third-order valence-corrected chi connectivity index (χ3v) is 2.51. The highest BCUT2D eigenvalue weighted by Gasteiger charge is 2.27. The first-order valence-electron chi connectivity index (χ1n) is 5.92. The first kappa shape index (κ1) is 15.0. The van der Waals surface area contributed by atoms with Crippen LogP contribution in [0.4, 0.5) is 4.79 Å². The monoisotopic (exact) mass is 267 g/mol. The molecule has 0 heterocycles. The van der Waals surface area contributed by atoms with Crippen LogP contribution in [-0.2, 0) is 16.0 Å². The maximum atomic E-state index is 11.3. The number of carboxylic acid groups (broad SMARTS) is 1. The van der Waals surface area contributed by atoms with Crippen LogP contribution in [0.1, 0.15) is 12.5 Å². The van der Waals surface area contributed by atoms with Gasteiger partial charge in [-0.05, 0) is 18.9 Å². The zero-order valence-electron chi connectivity index (χ0n) is 10.6. The van der Waals surface area contributed by atoms with E-state index in [2.05, 4.69) is 10.1 Å². The van der Waals surface area contributed by atoms with Gasteiger partial charge < -0.3 is 20.3 Å². The summed E-state index contributed by atoms with van der Waals surface area (Å²) in [5.41, 5.74) is 0.810. The van der Waals surface area contributed by atoms with Crippen molar-refractivity contribution in [1.29, 1.82) is 0 Å². The molecule has 3 N–H and O–H groups in total. The number of aliphatic carboxylic acids is 1. The van der Waals surface area contributed by atoms with E-state index >= 15 is 0 Å². The van der Waals surface area contributed by atoms with Gasteiger partial charge in [-0.1, -0.05) is 30.3 Å². The van der Waals surface area contributed by atoms with E-state index in [1.807, 2.05) is 6.07 Å². The number of carbonyl (C=O) groups is 2. The van der Waals surface area contributed by atoms with Gasteiger partial charge in [-0.15, -0.1) is 0 Å². The molecule has 104 valence electrons. The van der Waals surface area contributed by atoms with Crippen LogP contribution in [-0.4, -0.2) is 41.0 Å². The number of carboxylic acids is 1. The van der Waals surface area contributed by atoms with Crippen LogP contribution in [0.25, 0.3) is 0 Å². The first-order chi connectivity index (χ1) is 9.04. The molecular weight excluding hydrogens is 250 g/mol. The number of carbonyl (C=O) groups excluding carboxylic acids is 1. The molecule has 0 bridgehead atoms. The molecular formula is C13H17NO5. The Morgan fingerprint density at radius 1 is 1.32 bits per heavy atom. The zero-order chi connectivity index (χ0) is 14.3. The molecule has 0 aromatic heterocycles. The summed E-state index contributed by atoms with van der Waals surface area (Å²) < 4.78 is 4.69. The Bertz CT molecular complexity index is 420. The number of ether oxygens (including phenoxy) is 1. The Labute approximate surface area is 111 Å². The Hall–Kier alpha value is -2.08. The fraction of sp³-hybridized carbons (Fsp3) is 0.385. The number of aliphatic hydroxyl groups is 1. The first-order valence-corrected chi connectivity index (χ1v) is 5.92. The van der Waals surface area contributed by atoms with Crippen molar-refractivity contribution >= 4 is 12.1 Å². The van der Waals surface area contributed by atoms with Crippen molar-refractivity contribution in [3.05, 3.63) is 35.9 Å². The summed E-state index contributed by atoms with van der Waals surface area (Å²) in [6.07, 6.45) is -2.24. The minimum Gasteiger partial charge on any atom is -0.479 e. The van der Waals surface area contributed by atoms with Gasteiger partial charge in [0.05, 0.1) is 12.6 Å². The number of amides is 1. The normalized spacial score (nSPS) is 13.4. The molecule has 1 aromatic rings. The van der Waals surface area contributed by atoms with Gasteiger partial charge in [-0.2, -0.15) is 0 Å². The molecule has 0 aliphatic rings. The second-order valence-electron chi connectivity index (χ2n) is 3.94. The van der Waals surface area contributed by atoms with E-state index in [1.165, 1.54) is 0 Å². The minimum absolute atomic E-state index is 0.174. The second kappa shape index (κ2) is 7.38. The Balaban J connectivity index is 2.74. The third kappa shape index (κ3) is 4.97. The average Bonchev–Trinajstić information content (AvgIpc) is 2.38. The molecule has 1 amide bonds. The molecule has 6 heteroatoms. The van der Waals surface area contributed by atoms with Crippen LogP contribution < -0.4 is 5.32 Å². The Morgan fingerprint density at radius 3 is 2.47 bits per heavy atom. The molecule has 0 saturated heterocycles. The van der Waals surface area contributed by atoms with Crippen LogP contribution in [0.2, 0.25) is 0 Å². The molecule has 0 radical (unpaired) electrons. The maximum absolute atomic E-state index is 11.3. The van der Waals surface area contributed by atoms with Crippen LogP contribution in [0.5, 0.6) is 0 Å². The lowest BCUT2D eigenvalue weighted by molar-refractivity contribution is -0.148. The summed E-state index contributed by atoms with van der Waals surface area (Å²) in [5.74, 6) is -1.39. The minimum atomic E-state index is -1.69. The summed E-state index contributed by atoms with van der Waals surface area (Å²) in [5, 5.41) is 20.8. The largest absolute Gasteiger partial charge is 0.479 e. The molecule has 1 rings (SSSR count). The van der Waals surface area contributed by atoms with E-state index in [4.69, 9.17) is 5.11 Å². The van der Waals surface area contributed by atoms with Gasteiger partial charge in [0, 0.05) is 0 Å². The summed E-state index contributed by atoms with van der Waals surface area (Å²) in [4.78, 5) is 22.2. The van der Waals surface area contributed by atoms with Crippen LogP contribution >= 0.6 is 0 Å². The van der Waals surface area contributed by atoms with Crippen molar-refractivity contribution in [3.63, 3.8) is 0 Å². The molecule has 0 saturated carbocycles. The van der Waals surface area contributed by atoms with Gasteiger partial charge in [-0.3, -0.25) is 0 Å². The predicted molar refractivity (Wildman–Crippen MR) is 67.7 cm³/mol. The molecule has 19 heavy (non-hydrogen) atoms. The van der Waals surface area contributed by atoms with Crippen LogP contribution in [0.3, 0.4) is 0 Å². The second-order valence-corrected chi connectivity index (χ2v) is 3.94. The molecule has 2 atom stereocenters. The van der Waals surface area contributed by atoms with E-state index in [-0.39, 0.29) is 13.0 Å². The highest BCUT2D eigenvalue weighted by atomic mass is 16.5. The quantitative estimate of drug-likeness (QED) is 0.708. The lowest BCUT2D eigenvalue weighted by Gasteiger charge is -2.21.